The van der Waals surface area contributed by atoms with Crippen molar-refractivity contribution < 1.29 is 4.74 Å². The molecule has 0 aliphatic rings. The highest BCUT2D eigenvalue weighted by atomic mass is 35.5. The van der Waals surface area contributed by atoms with Crippen molar-refractivity contribution in [2.24, 2.45) is 5.11 Å². The molecular weight excluding hydrogens is 238 g/mol. The third-order valence-corrected chi connectivity index (χ3v) is 2.39. The van der Waals surface area contributed by atoms with Crippen LogP contribution in [0.15, 0.2) is 53.6 Å². The molecule has 2 aromatic carbocycles. The molecule has 0 radical (unpaired) electrons. The predicted octanol–water partition coefficient (Wildman–Crippen LogP) is 5.07. The number of rotatable bonds is 3. The minimum Gasteiger partial charge on any atom is -0.455 e. The summed E-state index contributed by atoms with van der Waals surface area (Å²) in [4.78, 5) is 2.74. The van der Waals surface area contributed by atoms with Gasteiger partial charge in [-0.15, -0.1) is 0 Å². The molecule has 0 saturated carbocycles. The number of halogens is 1. The Balaban J connectivity index is 2.36. The Hall–Kier alpha value is -2.16. The normalized spacial score (nSPS) is 9.47. The minimum absolute atomic E-state index is 0.426. The first-order valence-electron chi connectivity index (χ1n) is 4.88. The monoisotopic (exact) mass is 245 g/mol. The van der Waals surface area contributed by atoms with Gasteiger partial charge in [0, 0.05) is 4.91 Å². The topological polar surface area (TPSA) is 58.0 Å². The maximum atomic E-state index is 8.44. The lowest BCUT2D eigenvalue weighted by Crippen LogP contribution is -1.84. The number of ether oxygens (including phenoxy) is 1. The molecule has 2 aromatic rings. The van der Waals surface area contributed by atoms with E-state index in [0.717, 1.165) is 0 Å². The van der Waals surface area contributed by atoms with Crippen molar-refractivity contribution in [1.82, 2.24) is 0 Å². The molecule has 0 heterocycles. The van der Waals surface area contributed by atoms with E-state index in [9.17, 15) is 0 Å². The average Bonchev–Trinajstić information content (AvgIpc) is 2.35. The molecule has 0 saturated heterocycles. The Morgan fingerprint density at radius 1 is 1.00 bits per heavy atom. The zero-order chi connectivity index (χ0) is 12.1. The van der Waals surface area contributed by atoms with E-state index in [1.807, 2.05) is 12.1 Å². The van der Waals surface area contributed by atoms with Crippen LogP contribution >= 0.6 is 11.6 Å². The summed E-state index contributed by atoms with van der Waals surface area (Å²) in [6, 6.07) is 14.1. The van der Waals surface area contributed by atoms with Gasteiger partial charge in [0.25, 0.3) is 0 Å². The van der Waals surface area contributed by atoms with E-state index in [1.165, 1.54) is 0 Å². The number of hydrogen-bond acceptors (Lipinski definition) is 2. The minimum atomic E-state index is 0.426. The second-order valence-electron chi connectivity index (χ2n) is 3.19. The van der Waals surface area contributed by atoms with Crippen LogP contribution in [0.25, 0.3) is 10.4 Å². The molecule has 17 heavy (non-hydrogen) atoms. The van der Waals surface area contributed by atoms with Crippen LogP contribution in [0.2, 0.25) is 5.02 Å². The summed E-state index contributed by atoms with van der Waals surface area (Å²) >= 11 is 5.98. The van der Waals surface area contributed by atoms with Crippen molar-refractivity contribution in [3.8, 4) is 11.5 Å². The standard InChI is InChI=1S/C12H8ClN3O/c13-9-5-1-3-7-11(9)17-12-8-4-2-6-10(12)15-16-14/h1-8H. The summed E-state index contributed by atoms with van der Waals surface area (Å²) in [6.45, 7) is 0. The van der Waals surface area contributed by atoms with E-state index >= 15 is 0 Å². The molecule has 0 aliphatic carbocycles. The summed E-state index contributed by atoms with van der Waals surface area (Å²) in [5.74, 6) is 0.994. The molecule has 0 N–H and O–H groups in total. The van der Waals surface area contributed by atoms with Crippen LogP contribution in [-0.4, -0.2) is 0 Å². The zero-order valence-corrected chi connectivity index (χ0v) is 9.50. The van der Waals surface area contributed by atoms with E-state index in [1.54, 1.807) is 36.4 Å². The van der Waals surface area contributed by atoms with Gasteiger partial charge < -0.3 is 4.74 Å². The summed E-state index contributed by atoms with van der Waals surface area (Å²) in [6.07, 6.45) is 0. The first kappa shape index (κ1) is 11.3. The van der Waals surface area contributed by atoms with E-state index in [-0.39, 0.29) is 0 Å². The summed E-state index contributed by atoms with van der Waals surface area (Å²) in [5.41, 5.74) is 8.87. The van der Waals surface area contributed by atoms with Gasteiger partial charge in [-0.05, 0) is 29.8 Å². The Bertz CT molecular complexity index is 579. The first-order chi connectivity index (χ1) is 8.31. The van der Waals surface area contributed by atoms with Crippen molar-refractivity contribution in [2.75, 3.05) is 0 Å². The van der Waals surface area contributed by atoms with E-state index < -0.39 is 0 Å². The molecule has 0 amide bonds. The Morgan fingerprint density at radius 2 is 1.65 bits per heavy atom. The molecule has 2 rings (SSSR count). The summed E-state index contributed by atoms with van der Waals surface area (Å²) < 4.78 is 5.60. The maximum Gasteiger partial charge on any atom is 0.146 e. The van der Waals surface area contributed by atoms with Crippen molar-refractivity contribution in [1.29, 1.82) is 0 Å². The third kappa shape index (κ3) is 2.69. The summed E-state index contributed by atoms with van der Waals surface area (Å²) in [5, 5.41) is 4.05. The number of para-hydroxylation sites is 2. The van der Waals surface area contributed by atoms with Gasteiger partial charge in [-0.25, -0.2) is 0 Å². The highest BCUT2D eigenvalue weighted by molar-refractivity contribution is 6.32. The van der Waals surface area contributed by atoms with Crippen LogP contribution in [0, 0.1) is 0 Å². The van der Waals surface area contributed by atoms with Crippen LogP contribution in [0.5, 0.6) is 11.5 Å². The fraction of sp³-hybridized carbons (Fsp3) is 0. The van der Waals surface area contributed by atoms with E-state index in [0.29, 0.717) is 22.2 Å². The lowest BCUT2D eigenvalue weighted by molar-refractivity contribution is 0.484. The second kappa shape index (κ2) is 5.25. The van der Waals surface area contributed by atoms with Crippen LogP contribution in [0.4, 0.5) is 5.69 Å². The van der Waals surface area contributed by atoms with Crippen LogP contribution in [0.1, 0.15) is 0 Å². The zero-order valence-electron chi connectivity index (χ0n) is 8.75. The number of nitrogens with zero attached hydrogens (tertiary/aromatic N) is 3. The number of hydrogen-bond donors (Lipinski definition) is 0. The molecule has 0 fully saturated rings. The molecular formula is C12H8ClN3O. The van der Waals surface area contributed by atoms with Crippen LogP contribution in [-0.2, 0) is 0 Å². The van der Waals surface area contributed by atoms with Crippen molar-refractivity contribution in [3.63, 3.8) is 0 Å². The largest absolute Gasteiger partial charge is 0.455 e. The molecule has 4 nitrogen and oxygen atoms in total. The average molecular weight is 246 g/mol. The molecule has 0 spiro atoms. The van der Waals surface area contributed by atoms with E-state index in [4.69, 9.17) is 21.9 Å². The molecule has 0 bridgehead atoms. The van der Waals surface area contributed by atoms with Gasteiger partial charge in [-0.1, -0.05) is 41.0 Å². The lowest BCUT2D eigenvalue weighted by atomic mass is 10.3. The fourth-order valence-electron chi connectivity index (χ4n) is 1.32. The molecule has 0 aromatic heterocycles. The van der Waals surface area contributed by atoms with Gasteiger partial charge >= 0.3 is 0 Å². The quantitative estimate of drug-likeness (QED) is 0.423. The predicted molar refractivity (Wildman–Crippen MR) is 66.8 cm³/mol. The highest BCUT2D eigenvalue weighted by Gasteiger charge is 2.05. The molecule has 5 heteroatoms. The smallest absolute Gasteiger partial charge is 0.146 e. The Kier molecular flexibility index (Phi) is 3.50. The van der Waals surface area contributed by atoms with Gasteiger partial charge in [0.2, 0.25) is 0 Å². The second-order valence-corrected chi connectivity index (χ2v) is 3.60. The van der Waals surface area contributed by atoms with E-state index in [2.05, 4.69) is 10.0 Å². The maximum absolute atomic E-state index is 8.44. The number of benzene rings is 2. The third-order valence-electron chi connectivity index (χ3n) is 2.07. The van der Waals surface area contributed by atoms with Gasteiger partial charge in [-0.2, -0.15) is 0 Å². The van der Waals surface area contributed by atoms with Gasteiger partial charge in [0.15, 0.2) is 0 Å². The van der Waals surface area contributed by atoms with Crippen molar-refractivity contribution >= 4 is 17.3 Å². The van der Waals surface area contributed by atoms with Crippen LogP contribution in [0.3, 0.4) is 0 Å². The molecule has 0 aliphatic heterocycles. The first-order valence-corrected chi connectivity index (χ1v) is 5.25. The van der Waals surface area contributed by atoms with Crippen molar-refractivity contribution in [3.05, 3.63) is 64.0 Å². The number of azide groups is 1. The summed E-state index contributed by atoms with van der Waals surface area (Å²) in [7, 11) is 0. The Labute approximate surface area is 103 Å². The van der Waals surface area contributed by atoms with Crippen molar-refractivity contribution in [2.45, 2.75) is 0 Å². The van der Waals surface area contributed by atoms with Gasteiger partial charge in [-0.3, -0.25) is 0 Å². The van der Waals surface area contributed by atoms with Gasteiger partial charge in [0.05, 0.1) is 10.7 Å². The lowest BCUT2D eigenvalue weighted by Gasteiger charge is -2.08. The van der Waals surface area contributed by atoms with Gasteiger partial charge in [0.1, 0.15) is 11.5 Å². The molecule has 84 valence electrons. The molecule has 0 unspecified atom stereocenters. The SMILES string of the molecule is [N-]=[N+]=Nc1ccccc1Oc1ccccc1Cl. The Morgan fingerprint density at radius 3 is 2.35 bits per heavy atom. The fourth-order valence-corrected chi connectivity index (χ4v) is 1.49. The highest BCUT2D eigenvalue weighted by Crippen LogP contribution is 2.34. The van der Waals surface area contributed by atoms with Crippen LogP contribution < -0.4 is 4.74 Å². The molecule has 0 atom stereocenters.